The molecule has 0 aliphatic rings. The van der Waals surface area contributed by atoms with Gasteiger partial charge in [0, 0.05) is 6.04 Å². The zero-order chi connectivity index (χ0) is 16.0. The predicted molar refractivity (Wildman–Crippen MR) is 78.0 cm³/mol. The molecule has 0 radical (unpaired) electrons. The lowest BCUT2D eigenvalue weighted by Gasteiger charge is -2.10. The molecular formula is C15H20N2O4. The van der Waals surface area contributed by atoms with Crippen molar-refractivity contribution in [2.24, 2.45) is 0 Å². The van der Waals surface area contributed by atoms with Crippen molar-refractivity contribution in [2.75, 3.05) is 6.61 Å². The zero-order valence-corrected chi connectivity index (χ0v) is 12.6. The van der Waals surface area contributed by atoms with Crippen molar-refractivity contribution >= 4 is 17.9 Å². The minimum Gasteiger partial charge on any atom is -0.452 e. The summed E-state index contributed by atoms with van der Waals surface area (Å²) in [7, 11) is 0. The van der Waals surface area contributed by atoms with E-state index in [1.807, 2.05) is 19.9 Å². The van der Waals surface area contributed by atoms with Crippen LogP contribution >= 0.6 is 0 Å². The molecule has 0 spiro atoms. The van der Waals surface area contributed by atoms with Gasteiger partial charge in [0.05, 0.1) is 5.56 Å². The Hall–Kier alpha value is -2.37. The predicted octanol–water partition coefficient (Wildman–Crippen LogP) is 1.69. The van der Waals surface area contributed by atoms with Crippen LogP contribution in [0.15, 0.2) is 18.2 Å². The van der Waals surface area contributed by atoms with Crippen molar-refractivity contribution in [1.82, 2.24) is 10.6 Å². The van der Waals surface area contributed by atoms with E-state index >= 15 is 0 Å². The molecule has 1 aromatic carbocycles. The summed E-state index contributed by atoms with van der Waals surface area (Å²) in [6.45, 7) is 6.73. The molecule has 114 valence electrons. The zero-order valence-electron chi connectivity index (χ0n) is 12.6. The molecule has 0 saturated carbocycles. The van der Waals surface area contributed by atoms with E-state index < -0.39 is 24.5 Å². The van der Waals surface area contributed by atoms with Crippen LogP contribution in [0.3, 0.4) is 0 Å². The Morgan fingerprint density at radius 1 is 1.19 bits per heavy atom. The fourth-order valence-electron chi connectivity index (χ4n) is 1.64. The fraction of sp³-hybridized carbons (Fsp3) is 0.400. The van der Waals surface area contributed by atoms with Crippen LogP contribution in [-0.4, -0.2) is 30.6 Å². The van der Waals surface area contributed by atoms with E-state index in [9.17, 15) is 14.4 Å². The molecule has 6 nitrogen and oxygen atoms in total. The van der Waals surface area contributed by atoms with Crippen LogP contribution < -0.4 is 10.6 Å². The molecule has 1 aromatic rings. The van der Waals surface area contributed by atoms with Crippen LogP contribution in [0.25, 0.3) is 0 Å². The van der Waals surface area contributed by atoms with Crippen molar-refractivity contribution in [1.29, 1.82) is 0 Å². The van der Waals surface area contributed by atoms with Crippen LogP contribution in [0.4, 0.5) is 4.79 Å². The molecule has 0 bridgehead atoms. The third kappa shape index (κ3) is 5.25. The molecule has 0 aromatic heterocycles. The first-order valence-electron chi connectivity index (χ1n) is 6.65. The lowest BCUT2D eigenvalue weighted by atomic mass is 10.0. The summed E-state index contributed by atoms with van der Waals surface area (Å²) in [5, 5.41) is 4.58. The first-order chi connectivity index (χ1) is 9.81. The first-order valence-corrected chi connectivity index (χ1v) is 6.65. The summed E-state index contributed by atoms with van der Waals surface area (Å²) in [4.78, 5) is 34.7. The van der Waals surface area contributed by atoms with E-state index in [0.717, 1.165) is 11.1 Å². The third-order valence-corrected chi connectivity index (χ3v) is 2.83. The number of esters is 1. The summed E-state index contributed by atoms with van der Waals surface area (Å²) in [5.74, 6) is -1.26. The Bertz CT molecular complexity index is 553. The highest BCUT2D eigenvalue weighted by atomic mass is 16.5. The van der Waals surface area contributed by atoms with Gasteiger partial charge in [-0.25, -0.2) is 9.59 Å². The van der Waals surface area contributed by atoms with Gasteiger partial charge in [0.2, 0.25) is 0 Å². The number of ether oxygens (including phenoxy) is 1. The molecule has 0 heterocycles. The van der Waals surface area contributed by atoms with Gasteiger partial charge in [0.1, 0.15) is 0 Å². The number of amides is 3. The number of hydrogen-bond acceptors (Lipinski definition) is 4. The molecule has 2 N–H and O–H groups in total. The highest BCUT2D eigenvalue weighted by molar-refractivity contribution is 5.97. The van der Waals surface area contributed by atoms with E-state index in [2.05, 4.69) is 10.6 Å². The lowest BCUT2D eigenvalue weighted by Crippen LogP contribution is -2.44. The summed E-state index contributed by atoms with van der Waals surface area (Å²) < 4.78 is 4.90. The standard InChI is InChI=1S/C15H20N2O4/c1-9(2)16-15(20)17-13(18)8-21-14(19)12-7-5-6-10(3)11(12)4/h5-7,9H,8H2,1-4H3,(H2,16,17,18,20). The van der Waals surface area contributed by atoms with Crippen molar-refractivity contribution in [3.63, 3.8) is 0 Å². The van der Waals surface area contributed by atoms with Gasteiger partial charge in [-0.3, -0.25) is 10.1 Å². The van der Waals surface area contributed by atoms with Crippen molar-refractivity contribution in [3.8, 4) is 0 Å². The Balaban J connectivity index is 2.51. The summed E-state index contributed by atoms with van der Waals surface area (Å²) in [6.07, 6.45) is 0. The molecular weight excluding hydrogens is 272 g/mol. The second kappa shape index (κ2) is 7.42. The van der Waals surface area contributed by atoms with Crippen LogP contribution in [0.5, 0.6) is 0 Å². The Labute approximate surface area is 123 Å². The lowest BCUT2D eigenvalue weighted by molar-refractivity contribution is -0.123. The second-order valence-corrected chi connectivity index (χ2v) is 5.00. The van der Waals surface area contributed by atoms with Gasteiger partial charge in [-0.05, 0) is 44.9 Å². The summed E-state index contributed by atoms with van der Waals surface area (Å²) >= 11 is 0. The number of rotatable bonds is 4. The molecule has 0 aliphatic heterocycles. The van der Waals surface area contributed by atoms with Gasteiger partial charge in [-0.2, -0.15) is 0 Å². The number of hydrogen-bond donors (Lipinski definition) is 2. The Morgan fingerprint density at radius 3 is 2.48 bits per heavy atom. The normalized spacial score (nSPS) is 10.1. The Kier molecular flexibility index (Phi) is 5.90. The van der Waals surface area contributed by atoms with Crippen LogP contribution in [-0.2, 0) is 9.53 Å². The molecule has 6 heteroatoms. The van der Waals surface area contributed by atoms with Gasteiger partial charge < -0.3 is 10.1 Å². The summed E-state index contributed by atoms with van der Waals surface area (Å²) in [6, 6.07) is 4.56. The van der Waals surface area contributed by atoms with Gasteiger partial charge >= 0.3 is 12.0 Å². The summed E-state index contributed by atoms with van der Waals surface area (Å²) in [5.41, 5.74) is 2.18. The molecule has 3 amide bonds. The number of nitrogens with one attached hydrogen (secondary N) is 2. The molecule has 0 saturated heterocycles. The maximum absolute atomic E-state index is 11.9. The van der Waals surface area contributed by atoms with Crippen LogP contribution in [0.2, 0.25) is 0 Å². The van der Waals surface area contributed by atoms with E-state index in [1.165, 1.54) is 0 Å². The van der Waals surface area contributed by atoms with Gasteiger partial charge in [0.15, 0.2) is 6.61 Å². The minimum atomic E-state index is -0.674. The van der Waals surface area contributed by atoms with Crippen molar-refractivity contribution in [3.05, 3.63) is 34.9 Å². The van der Waals surface area contributed by atoms with Crippen LogP contribution in [0, 0.1) is 13.8 Å². The number of aryl methyl sites for hydroxylation is 1. The SMILES string of the molecule is Cc1cccc(C(=O)OCC(=O)NC(=O)NC(C)C)c1C. The number of imide groups is 1. The highest BCUT2D eigenvalue weighted by Gasteiger charge is 2.15. The fourth-order valence-corrected chi connectivity index (χ4v) is 1.64. The smallest absolute Gasteiger partial charge is 0.338 e. The molecule has 0 unspecified atom stereocenters. The molecule has 21 heavy (non-hydrogen) atoms. The number of carbonyl (C=O) groups is 3. The molecule has 0 fully saturated rings. The van der Waals surface area contributed by atoms with Gasteiger partial charge in [-0.1, -0.05) is 12.1 Å². The highest BCUT2D eigenvalue weighted by Crippen LogP contribution is 2.13. The largest absolute Gasteiger partial charge is 0.452 e. The minimum absolute atomic E-state index is 0.0877. The maximum Gasteiger partial charge on any atom is 0.338 e. The molecule has 1 rings (SSSR count). The van der Waals surface area contributed by atoms with E-state index in [1.54, 1.807) is 26.0 Å². The number of carbonyl (C=O) groups excluding carboxylic acids is 3. The van der Waals surface area contributed by atoms with Crippen LogP contribution in [0.1, 0.15) is 35.3 Å². The number of benzene rings is 1. The van der Waals surface area contributed by atoms with Crippen molar-refractivity contribution in [2.45, 2.75) is 33.7 Å². The average molecular weight is 292 g/mol. The molecule has 0 atom stereocenters. The third-order valence-electron chi connectivity index (χ3n) is 2.83. The Morgan fingerprint density at radius 2 is 1.86 bits per heavy atom. The molecule has 0 aliphatic carbocycles. The van der Waals surface area contributed by atoms with Gasteiger partial charge in [-0.15, -0.1) is 0 Å². The van der Waals surface area contributed by atoms with E-state index in [0.29, 0.717) is 5.56 Å². The maximum atomic E-state index is 11.9. The van der Waals surface area contributed by atoms with E-state index in [4.69, 9.17) is 4.74 Å². The quantitative estimate of drug-likeness (QED) is 0.827. The average Bonchev–Trinajstić information content (AvgIpc) is 2.38. The number of urea groups is 1. The topological polar surface area (TPSA) is 84.5 Å². The monoisotopic (exact) mass is 292 g/mol. The van der Waals surface area contributed by atoms with Gasteiger partial charge in [0.25, 0.3) is 5.91 Å². The van der Waals surface area contributed by atoms with E-state index in [-0.39, 0.29) is 6.04 Å². The van der Waals surface area contributed by atoms with Crippen molar-refractivity contribution < 1.29 is 19.1 Å². The first kappa shape index (κ1) is 16.7. The second-order valence-electron chi connectivity index (χ2n) is 5.00.